The Labute approximate surface area is 389 Å². The van der Waals surface area contributed by atoms with Crippen LogP contribution >= 0.6 is 11.6 Å². The molecule has 2 aliphatic rings. The van der Waals surface area contributed by atoms with E-state index < -0.39 is 45.8 Å². The molecule has 6 aromatic rings. The summed E-state index contributed by atoms with van der Waals surface area (Å²) in [5, 5.41) is 2.44. The van der Waals surface area contributed by atoms with Crippen molar-refractivity contribution in [2.24, 2.45) is 0 Å². The second-order valence-electron chi connectivity index (χ2n) is 18.1. The molecule has 3 N–H and O–H groups in total. The number of hydrogen-bond acceptors (Lipinski definition) is 9. The number of rotatable bonds is 6. The van der Waals surface area contributed by atoms with Gasteiger partial charge in [0.1, 0.15) is 0 Å². The third kappa shape index (κ3) is 10.9. The number of H-pyrrole nitrogens is 2. The molecule has 0 bridgehead atoms. The second kappa shape index (κ2) is 19.6. The number of carbonyl (C=O) groups excluding carboxylic acids is 4. The molecule has 4 aromatic heterocycles. The van der Waals surface area contributed by atoms with E-state index in [2.05, 4.69) is 34.1 Å². The minimum absolute atomic E-state index is 0.0260. The number of amides is 1. The Morgan fingerprint density at radius 2 is 1.12 bits per heavy atom. The second-order valence-corrected chi connectivity index (χ2v) is 18.4. The molecule has 352 valence electrons. The maximum atomic E-state index is 13.8. The summed E-state index contributed by atoms with van der Waals surface area (Å²) < 4.78 is 62.7. The van der Waals surface area contributed by atoms with E-state index in [0.29, 0.717) is 16.8 Å². The summed E-state index contributed by atoms with van der Waals surface area (Å²) in [5.74, 6) is -5.71. The summed E-state index contributed by atoms with van der Waals surface area (Å²) in [5.41, 5.74) is 8.11. The van der Waals surface area contributed by atoms with Crippen LogP contribution in [0.5, 0.6) is 0 Å². The fourth-order valence-electron chi connectivity index (χ4n) is 7.80. The number of halogens is 5. The molecule has 0 aliphatic carbocycles. The number of nitrogens with one attached hydrogen (secondary N) is 3. The summed E-state index contributed by atoms with van der Waals surface area (Å²) in [7, 11) is 0. The number of aromatic nitrogens is 4. The highest BCUT2D eigenvalue weighted by Gasteiger charge is 2.39. The molecule has 2 aromatic carbocycles. The first-order chi connectivity index (χ1) is 31.4. The van der Waals surface area contributed by atoms with Gasteiger partial charge in [0.15, 0.2) is 23.3 Å². The van der Waals surface area contributed by atoms with Crippen LogP contribution in [0.1, 0.15) is 110 Å². The highest BCUT2D eigenvalue weighted by molar-refractivity contribution is 6.67. The minimum Gasteiger partial charge on any atom is -0.459 e. The van der Waals surface area contributed by atoms with Crippen LogP contribution in [0, 0.1) is 37.1 Å². The van der Waals surface area contributed by atoms with Crippen LogP contribution in [0.15, 0.2) is 73.1 Å². The van der Waals surface area contributed by atoms with Crippen molar-refractivity contribution >= 4 is 67.9 Å². The zero-order valence-electron chi connectivity index (χ0n) is 38.7. The summed E-state index contributed by atoms with van der Waals surface area (Å²) in [6.07, 6.45) is 2.64. The fourth-order valence-corrected chi connectivity index (χ4v) is 7.92. The molecule has 0 atom stereocenters. The van der Waals surface area contributed by atoms with E-state index in [1.165, 1.54) is 17.2 Å². The van der Waals surface area contributed by atoms with Crippen LogP contribution in [-0.2, 0) is 29.9 Å². The summed E-state index contributed by atoms with van der Waals surface area (Å²) in [6.45, 7) is 20.1. The molecule has 0 fully saturated rings. The van der Waals surface area contributed by atoms with Gasteiger partial charge >= 0.3 is 11.9 Å². The first-order valence-corrected chi connectivity index (χ1v) is 21.7. The summed E-state index contributed by atoms with van der Waals surface area (Å²) in [6, 6.07) is 13.5. The molecule has 1 amide bonds. The van der Waals surface area contributed by atoms with Gasteiger partial charge < -0.3 is 29.7 Å². The van der Waals surface area contributed by atoms with Crippen LogP contribution < -0.4 is 5.32 Å². The quantitative estimate of drug-likeness (QED) is 0.0839. The molecular weight excluding hydrogens is 892 g/mol. The highest BCUT2D eigenvalue weighted by atomic mass is 35.5. The normalized spacial score (nSPS) is 14.8. The average molecular weight is 943 g/mol. The molecule has 8 rings (SSSR count). The predicted octanol–water partition coefficient (Wildman–Crippen LogP) is 10.3. The monoisotopic (exact) mass is 942 g/mol. The summed E-state index contributed by atoms with van der Waals surface area (Å²) in [4.78, 5) is 66.7. The van der Waals surface area contributed by atoms with Gasteiger partial charge in [-0.2, -0.15) is 0 Å². The maximum absolute atomic E-state index is 13.8. The number of aryl methyl sites for hydroxylation is 2. The van der Waals surface area contributed by atoms with E-state index >= 15 is 0 Å². The summed E-state index contributed by atoms with van der Waals surface area (Å²) >= 11 is 5.00. The van der Waals surface area contributed by atoms with Crippen molar-refractivity contribution in [1.29, 1.82) is 0 Å². The zero-order valence-corrected chi connectivity index (χ0v) is 39.4. The molecule has 0 radical (unpaired) electrons. The Balaban J connectivity index is 0.000000188. The Hall–Kier alpha value is -6.81. The molecule has 0 saturated carbocycles. The van der Waals surface area contributed by atoms with E-state index in [1.54, 1.807) is 20.0 Å². The number of carbonyl (C=O) groups is 4. The molecule has 2 aliphatic heterocycles. The van der Waals surface area contributed by atoms with E-state index in [4.69, 9.17) is 26.1 Å². The van der Waals surface area contributed by atoms with Gasteiger partial charge in [-0.15, -0.1) is 0 Å². The molecule has 0 spiro atoms. The third-order valence-electron chi connectivity index (χ3n) is 10.8. The number of ether oxygens (including phenoxy) is 2. The van der Waals surface area contributed by atoms with E-state index in [9.17, 15) is 36.7 Å². The SMILES string of the molecule is Cc1ccc2[nH]c3c(c2n1)C(C)(C)CN(C(=O)c1ccc(F)c(F)c1)C=C3C(=O)OC(C)C.Cc1ccc2[nH]c3c(c2n1)C(C)(C)CNC=C3C(=O)OC(C)C.O=C(Cl)c1ccc(F)c(F)c1. The Bertz CT molecular complexity index is 2990. The van der Waals surface area contributed by atoms with Gasteiger partial charge in [-0.05, 0) is 114 Å². The Morgan fingerprint density at radius 3 is 1.61 bits per heavy atom. The largest absolute Gasteiger partial charge is 0.459 e. The average Bonchev–Trinajstić information content (AvgIpc) is 3.74. The standard InChI is InChI=1S/C25H25F2N3O3.C18H23N3O2.C7H3ClF2O/c1-13(2)33-24(32)16-11-30(23(31)15-7-8-17(26)18(27)10-15)12-25(4,5)20-21(16)29-19-9-6-14(3)28-22(19)20;1-10(2)23-17(22)12-8-19-9-18(4,5)14-15(12)21-13-7-6-11(3)20-16(13)14;8-7(11)4-1-2-5(9)6(10)3-4/h6-11,13,29H,12H2,1-5H3;6-8,10,19,21H,9H2,1-5H3;1-3H. The van der Waals surface area contributed by atoms with Crippen LogP contribution in [0.2, 0.25) is 0 Å². The lowest BCUT2D eigenvalue weighted by Crippen LogP contribution is -2.37. The van der Waals surface area contributed by atoms with Gasteiger partial charge in [-0.3, -0.25) is 19.6 Å². The number of aromatic amines is 2. The van der Waals surface area contributed by atoms with Gasteiger partial charge in [0.25, 0.3) is 11.1 Å². The molecule has 67 heavy (non-hydrogen) atoms. The van der Waals surface area contributed by atoms with Crippen molar-refractivity contribution in [3.63, 3.8) is 0 Å². The molecule has 0 unspecified atom stereocenters. The number of pyridine rings is 2. The Morgan fingerprint density at radius 1 is 0.657 bits per heavy atom. The van der Waals surface area contributed by atoms with Crippen molar-refractivity contribution < 1.29 is 46.2 Å². The maximum Gasteiger partial charge on any atom is 0.342 e. The van der Waals surface area contributed by atoms with Gasteiger partial charge in [-0.25, -0.2) is 27.2 Å². The lowest BCUT2D eigenvalue weighted by Gasteiger charge is -2.29. The van der Waals surface area contributed by atoms with Crippen molar-refractivity contribution in [3.8, 4) is 0 Å². The van der Waals surface area contributed by atoms with Crippen molar-refractivity contribution in [2.75, 3.05) is 13.1 Å². The van der Waals surface area contributed by atoms with Gasteiger partial charge in [0, 0.05) is 70.0 Å². The highest BCUT2D eigenvalue weighted by Crippen LogP contribution is 2.41. The van der Waals surface area contributed by atoms with Crippen LogP contribution in [0.25, 0.3) is 33.2 Å². The minimum atomic E-state index is -1.12. The number of nitrogens with zero attached hydrogens (tertiary/aromatic N) is 3. The van der Waals surface area contributed by atoms with Crippen molar-refractivity contribution in [1.82, 2.24) is 30.2 Å². The predicted molar refractivity (Wildman–Crippen MR) is 248 cm³/mol. The van der Waals surface area contributed by atoms with Crippen LogP contribution in [-0.4, -0.2) is 73.2 Å². The molecule has 17 heteroatoms. The van der Waals surface area contributed by atoms with E-state index in [-0.39, 0.29) is 46.8 Å². The molecule has 6 heterocycles. The molecule has 12 nitrogen and oxygen atoms in total. The third-order valence-corrected chi connectivity index (χ3v) is 11.0. The van der Waals surface area contributed by atoms with Crippen molar-refractivity contribution in [2.45, 2.75) is 92.3 Å². The van der Waals surface area contributed by atoms with Crippen molar-refractivity contribution in [3.05, 3.63) is 141 Å². The fraction of sp³-hybridized carbons (Fsp3) is 0.320. The smallest absolute Gasteiger partial charge is 0.342 e. The Kier molecular flexibility index (Phi) is 14.5. The number of benzene rings is 2. The lowest BCUT2D eigenvalue weighted by atomic mass is 9.83. The topological polar surface area (TPSA) is 159 Å². The van der Waals surface area contributed by atoms with E-state index in [0.717, 1.165) is 81.6 Å². The van der Waals surface area contributed by atoms with E-state index in [1.807, 2.05) is 65.8 Å². The van der Waals surface area contributed by atoms with Crippen LogP contribution in [0.4, 0.5) is 17.6 Å². The van der Waals surface area contributed by atoms with Crippen LogP contribution in [0.3, 0.4) is 0 Å². The zero-order chi connectivity index (χ0) is 49.3. The first kappa shape index (κ1) is 49.6. The number of hydrogen-bond donors (Lipinski definition) is 3. The number of fused-ring (bicyclic) bond motifs is 6. The molecular formula is C50H51ClF4N6O6. The van der Waals surface area contributed by atoms with Gasteiger partial charge in [0.05, 0.1) is 56.8 Å². The lowest BCUT2D eigenvalue weighted by molar-refractivity contribution is -0.141. The van der Waals surface area contributed by atoms with Gasteiger partial charge in [0.2, 0.25) is 0 Å². The number of esters is 2. The first-order valence-electron chi connectivity index (χ1n) is 21.4. The van der Waals surface area contributed by atoms with Gasteiger partial charge in [-0.1, -0.05) is 27.7 Å². The molecule has 0 saturated heterocycles.